The van der Waals surface area contributed by atoms with Gasteiger partial charge in [0.25, 0.3) is 10.0 Å². The molecule has 0 unspecified atom stereocenters. The SMILES string of the molecule is Cc1cccc(C(=O)O)c1NS(=O)(=O)c1cnc(C2CC2)s1. The number of aryl methyl sites for hydroxylation is 1. The normalized spacial score (nSPS) is 14.8. The van der Waals surface area contributed by atoms with Gasteiger partial charge in [-0.25, -0.2) is 18.2 Å². The van der Waals surface area contributed by atoms with Crippen molar-refractivity contribution in [3.8, 4) is 0 Å². The van der Waals surface area contributed by atoms with Crippen molar-refractivity contribution in [3.63, 3.8) is 0 Å². The van der Waals surface area contributed by atoms with E-state index in [0.29, 0.717) is 11.5 Å². The molecule has 8 heteroatoms. The van der Waals surface area contributed by atoms with Gasteiger partial charge in [0.1, 0.15) is 0 Å². The summed E-state index contributed by atoms with van der Waals surface area (Å²) in [5, 5.41) is 10.0. The number of carboxylic acids is 1. The molecule has 6 nitrogen and oxygen atoms in total. The van der Waals surface area contributed by atoms with E-state index in [4.69, 9.17) is 0 Å². The fraction of sp³-hybridized carbons (Fsp3) is 0.286. The molecule has 0 saturated heterocycles. The summed E-state index contributed by atoms with van der Waals surface area (Å²) in [7, 11) is -3.83. The summed E-state index contributed by atoms with van der Waals surface area (Å²) in [6.07, 6.45) is 3.42. The first-order valence-corrected chi connectivity index (χ1v) is 9.00. The van der Waals surface area contributed by atoms with Crippen molar-refractivity contribution in [1.82, 2.24) is 4.98 Å². The Hall–Kier alpha value is -1.93. The Kier molecular flexibility index (Phi) is 3.65. The number of benzene rings is 1. The highest BCUT2D eigenvalue weighted by atomic mass is 32.2. The van der Waals surface area contributed by atoms with Crippen LogP contribution in [0.5, 0.6) is 0 Å². The molecule has 1 aromatic carbocycles. The summed E-state index contributed by atoms with van der Waals surface area (Å²) in [6.45, 7) is 1.66. The number of nitrogens with zero attached hydrogens (tertiary/aromatic N) is 1. The first kappa shape index (κ1) is 15.0. The van der Waals surface area contributed by atoms with Crippen molar-refractivity contribution >= 4 is 33.0 Å². The van der Waals surface area contributed by atoms with Crippen molar-refractivity contribution in [3.05, 3.63) is 40.5 Å². The summed E-state index contributed by atoms with van der Waals surface area (Å²) < 4.78 is 27.4. The van der Waals surface area contributed by atoms with Crippen LogP contribution < -0.4 is 4.72 Å². The highest BCUT2D eigenvalue weighted by Gasteiger charge is 2.29. The molecule has 1 aromatic heterocycles. The maximum Gasteiger partial charge on any atom is 0.337 e. The van der Waals surface area contributed by atoms with E-state index in [1.165, 1.54) is 12.3 Å². The number of rotatable bonds is 5. The van der Waals surface area contributed by atoms with Crippen LogP contribution >= 0.6 is 11.3 Å². The number of anilines is 1. The molecule has 0 amide bonds. The number of carboxylic acid groups (broad SMARTS) is 1. The van der Waals surface area contributed by atoms with Gasteiger partial charge in [-0.3, -0.25) is 4.72 Å². The van der Waals surface area contributed by atoms with Crippen molar-refractivity contribution in [2.24, 2.45) is 0 Å². The number of nitrogens with one attached hydrogen (secondary N) is 1. The van der Waals surface area contributed by atoms with Crippen LogP contribution in [0.15, 0.2) is 28.6 Å². The topological polar surface area (TPSA) is 96.4 Å². The third-order valence-electron chi connectivity index (χ3n) is 3.43. The van der Waals surface area contributed by atoms with Crippen LogP contribution in [0.1, 0.15) is 39.7 Å². The minimum absolute atomic E-state index is 0.0736. The minimum atomic E-state index is -3.83. The van der Waals surface area contributed by atoms with Crippen LogP contribution in [0, 0.1) is 6.92 Å². The van der Waals surface area contributed by atoms with Gasteiger partial charge in [-0.05, 0) is 31.4 Å². The molecule has 0 spiro atoms. The molecule has 116 valence electrons. The maximum absolute atomic E-state index is 12.5. The number of aromatic carboxylic acids is 1. The number of carbonyl (C=O) groups is 1. The third-order valence-corrected chi connectivity index (χ3v) is 6.40. The molecule has 1 saturated carbocycles. The lowest BCUT2D eigenvalue weighted by Crippen LogP contribution is -2.15. The number of para-hydroxylation sites is 1. The first-order valence-electron chi connectivity index (χ1n) is 6.70. The van der Waals surface area contributed by atoms with Crippen molar-refractivity contribution < 1.29 is 18.3 Å². The molecule has 1 heterocycles. The van der Waals surface area contributed by atoms with Gasteiger partial charge in [0.15, 0.2) is 4.21 Å². The van der Waals surface area contributed by atoms with Gasteiger partial charge < -0.3 is 5.11 Å². The monoisotopic (exact) mass is 338 g/mol. The van der Waals surface area contributed by atoms with Gasteiger partial charge in [0.05, 0.1) is 22.5 Å². The molecule has 2 aromatic rings. The number of sulfonamides is 1. The lowest BCUT2D eigenvalue weighted by Gasteiger charge is -2.11. The van der Waals surface area contributed by atoms with E-state index in [1.807, 2.05) is 0 Å². The van der Waals surface area contributed by atoms with E-state index in [1.54, 1.807) is 19.1 Å². The predicted octanol–water partition coefficient (Wildman–Crippen LogP) is 2.83. The van der Waals surface area contributed by atoms with Gasteiger partial charge in [0, 0.05) is 5.92 Å². The van der Waals surface area contributed by atoms with Crippen LogP contribution in [0.2, 0.25) is 0 Å². The van der Waals surface area contributed by atoms with Crippen molar-refractivity contribution in [1.29, 1.82) is 0 Å². The highest BCUT2D eigenvalue weighted by molar-refractivity contribution is 7.94. The van der Waals surface area contributed by atoms with E-state index in [0.717, 1.165) is 29.2 Å². The first-order chi connectivity index (χ1) is 10.4. The van der Waals surface area contributed by atoms with Crippen molar-refractivity contribution in [2.45, 2.75) is 29.9 Å². The van der Waals surface area contributed by atoms with Gasteiger partial charge >= 0.3 is 5.97 Å². The summed E-state index contributed by atoms with van der Waals surface area (Å²) in [4.78, 5) is 15.4. The quantitative estimate of drug-likeness (QED) is 0.874. The zero-order valence-corrected chi connectivity index (χ0v) is 13.4. The Morgan fingerprint density at radius 1 is 1.41 bits per heavy atom. The van der Waals surface area contributed by atoms with Crippen LogP contribution in [0.4, 0.5) is 5.69 Å². The minimum Gasteiger partial charge on any atom is -0.478 e. The second-order valence-corrected chi connectivity index (χ2v) is 8.17. The molecule has 22 heavy (non-hydrogen) atoms. The predicted molar refractivity (Wildman–Crippen MR) is 83.0 cm³/mol. The van der Waals surface area contributed by atoms with E-state index >= 15 is 0 Å². The van der Waals surface area contributed by atoms with E-state index < -0.39 is 16.0 Å². The van der Waals surface area contributed by atoms with Crippen LogP contribution in [0.3, 0.4) is 0 Å². The smallest absolute Gasteiger partial charge is 0.337 e. The molecule has 3 rings (SSSR count). The summed E-state index contributed by atoms with van der Waals surface area (Å²) in [5.41, 5.74) is 0.572. The van der Waals surface area contributed by atoms with Gasteiger partial charge in [0.2, 0.25) is 0 Å². The Morgan fingerprint density at radius 2 is 2.14 bits per heavy atom. The largest absolute Gasteiger partial charge is 0.478 e. The Labute approximate surface area is 131 Å². The Morgan fingerprint density at radius 3 is 2.77 bits per heavy atom. The number of aromatic nitrogens is 1. The molecule has 1 aliphatic rings. The Balaban J connectivity index is 1.95. The van der Waals surface area contributed by atoms with Crippen LogP contribution in [-0.4, -0.2) is 24.5 Å². The second kappa shape index (κ2) is 5.36. The highest BCUT2D eigenvalue weighted by Crippen LogP contribution is 2.42. The third kappa shape index (κ3) is 2.84. The fourth-order valence-electron chi connectivity index (χ4n) is 2.08. The number of hydrogen-bond donors (Lipinski definition) is 2. The molecule has 0 atom stereocenters. The molecule has 0 aliphatic heterocycles. The van der Waals surface area contributed by atoms with Gasteiger partial charge in [-0.2, -0.15) is 0 Å². The number of hydrogen-bond acceptors (Lipinski definition) is 5. The lowest BCUT2D eigenvalue weighted by atomic mass is 10.1. The molecule has 0 bridgehead atoms. The lowest BCUT2D eigenvalue weighted by molar-refractivity contribution is 0.0698. The zero-order chi connectivity index (χ0) is 15.9. The maximum atomic E-state index is 12.5. The molecule has 2 N–H and O–H groups in total. The van der Waals surface area contributed by atoms with E-state index in [9.17, 15) is 18.3 Å². The van der Waals surface area contributed by atoms with E-state index in [2.05, 4.69) is 9.71 Å². The van der Waals surface area contributed by atoms with E-state index in [-0.39, 0.29) is 15.5 Å². The average Bonchev–Trinajstić information content (AvgIpc) is 3.17. The Bertz CT molecular complexity index is 838. The van der Waals surface area contributed by atoms with Crippen LogP contribution in [0.25, 0.3) is 0 Å². The molecular weight excluding hydrogens is 324 g/mol. The van der Waals surface area contributed by atoms with Crippen molar-refractivity contribution in [2.75, 3.05) is 4.72 Å². The zero-order valence-electron chi connectivity index (χ0n) is 11.7. The second-order valence-electron chi connectivity index (χ2n) is 5.20. The molecule has 1 aliphatic carbocycles. The summed E-state index contributed by atoms with van der Waals surface area (Å²) >= 11 is 1.14. The van der Waals surface area contributed by atoms with Crippen LogP contribution in [-0.2, 0) is 10.0 Å². The van der Waals surface area contributed by atoms with Gasteiger partial charge in [-0.15, -0.1) is 11.3 Å². The molecular formula is C14H14N2O4S2. The average molecular weight is 338 g/mol. The summed E-state index contributed by atoms with van der Waals surface area (Å²) in [5.74, 6) is -0.800. The standard InChI is InChI=1S/C14H14N2O4S2/c1-8-3-2-4-10(14(17)18)12(8)16-22(19,20)11-7-15-13(21-11)9-5-6-9/h2-4,7,9,16H,5-6H2,1H3,(H,17,18). The summed E-state index contributed by atoms with van der Waals surface area (Å²) in [6, 6.07) is 4.61. The fourth-order valence-corrected chi connectivity index (χ4v) is 4.55. The molecule has 1 fully saturated rings. The number of thiazole rings is 1. The molecule has 0 radical (unpaired) electrons. The van der Waals surface area contributed by atoms with Gasteiger partial charge in [-0.1, -0.05) is 12.1 Å².